The van der Waals surface area contributed by atoms with Crippen LogP contribution in [-0.2, 0) is 4.74 Å². The van der Waals surface area contributed by atoms with Crippen LogP contribution in [0, 0.1) is 0 Å². The molecule has 1 fully saturated rings. The first-order chi connectivity index (χ1) is 9.45. The summed E-state index contributed by atoms with van der Waals surface area (Å²) in [4.78, 5) is 9.56. The highest BCUT2D eigenvalue weighted by atomic mass is 79.9. The van der Waals surface area contributed by atoms with Gasteiger partial charge < -0.3 is 31.3 Å². The molecule has 8 nitrogen and oxygen atoms in total. The minimum absolute atomic E-state index is 0.159. The highest BCUT2D eigenvalue weighted by Gasteiger charge is 2.39. The van der Waals surface area contributed by atoms with Crippen LogP contribution in [0.4, 0.5) is 17.3 Å². The Morgan fingerprint density at radius 1 is 1.55 bits per heavy atom. The number of anilines is 3. The fourth-order valence-electron chi connectivity index (χ4n) is 2.19. The van der Waals surface area contributed by atoms with Crippen molar-refractivity contribution in [1.29, 1.82) is 0 Å². The summed E-state index contributed by atoms with van der Waals surface area (Å²) < 4.78 is 5.63. The summed E-state index contributed by atoms with van der Waals surface area (Å²) in [6.07, 6.45) is -0.163. The standard InChI is InChI=1S/C11H18BrN5O3/c1-5(12)17(8-2-6(19)7(3-18)20-8)11-9(13)10(14)15-4-16-11/h4-8,18-19H,2-3,13H2,1H3,(H2,14,15,16)/t5?,6?,7?,8-/m1/s1. The van der Waals surface area contributed by atoms with Crippen molar-refractivity contribution in [2.75, 3.05) is 23.0 Å². The number of nitrogens with two attached hydrogens (primary N) is 2. The minimum Gasteiger partial charge on any atom is -0.394 e. The molecular formula is C11H18BrN5O3. The number of nitrogen functional groups attached to an aromatic ring is 2. The van der Waals surface area contributed by atoms with Crippen molar-refractivity contribution in [3.63, 3.8) is 0 Å². The van der Waals surface area contributed by atoms with Crippen LogP contribution in [0.1, 0.15) is 13.3 Å². The zero-order valence-electron chi connectivity index (χ0n) is 11.0. The van der Waals surface area contributed by atoms with E-state index in [9.17, 15) is 5.11 Å². The van der Waals surface area contributed by atoms with Gasteiger partial charge in [-0.25, -0.2) is 9.97 Å². The molecule has 3 unspecified atom stereocenters. The Balaban J connectivity index is 2.31. The Kier molecular flexibility index (Phi) is 4.63. The van der Waals surface area contributed by atoms with Gasteiger partial charge in [0, 0.05) is 6.42 Å². The quantitative estimate of drug-likeness (QED) is 0.429. The second kappa shape index (κ2) is 6.08. The van der Waals surface area contributed by atoms with Crippen LogP contribution >= 0.6 is 15.9 Å². The Morgan fingerprint density at radius 3 is 2.80 bits per heavy atom. The number of nitrogens with zero attached hydrogens (tertiary/aromatic N) is 3. The van der Waals surface area contributed by atoms with Gasteiger partial charge in [-0.15, -0.1) is 0 Å². The molecule has 1 saturated heterocycles. The third-order valence-electron chi connectivity index (χ3n) is 3.22. The first-order valence-electron chi connectivity index (χ1n) is 6.18. The van der Waals surface area contributed by atoms with Gasteiger partial charge in [-0.05, 0) is 6.92 Å². The molecule has 0 radical (unpaired) electrons. The van der Waals surface area contributed by atoms with Gasteiger partial charge in [-0.2, -0.15) is 0 Å². The van der Waals surface area contributed by atoms with E-state index in [1.807, 2.05) is 6.92 Å². The van der Waals surface area contributed by atoms with Crippen molar-refractivity contribution >= 4 is 33.3 Å². The zero-order chi connectivity index (χ0) is 14.9. The first kappa shape index (κ1) is 15.2. The van der Waals surface area contributed by atoms with Gasteiger partial charge >= 0.3 is 0 Å². The number of halogens is 1. The fourth-order valence-corrected chi connectivity index (χ4v) is 2.65. The largest absolute Gasteiger partial charge is 0.394 e. The molecule has 1 aromatic rings. The van der Waals surface area contributed by atoms with Crippen molar-refractivity contribution in [3.05, 3.63) is 6.33 Å². The van der Waals surface area contributed by atoms with Crippen LogP contribution in [0.5, 0.6) is 0 Å². The molecule has 0 saturated carbocycles. The molecule has 6 N–H and O–H groups in total. The summed E-state index contributed by atoms with van der Waals surface area (Å²) in [5.74, 6) is 0.614. The molecule has 112 valence electrons. The number of hydrogen-bond donors (Lipinski definition) is 4. The molecule has 0 aliphatic carbocycles. The number of aromatic nitrogens is 2. The topological polar surface area (TPSA) is 131 Å². The summed E-state index contributed by atoms with van der Waals surface area (Å²) in [6, 6.07) is 0. The third-order valence-corrected chi connectivity index (χ3v) is 3.66. The maximum absolute atomic E-state index is 9.85. The van der Waals surface area contributed by atoms with Crippen molar-refractivity contribution in [2.24, 2.45) is 0 Å². The molecule has 1 aliphatic rings. The second-order valence-corrected chi connectivity index (χ2v) is 5.92. The molecule has 1 aromatic heterocycles. The molecule has 1 aliphatic heterocycles. The van der Waals surface area contributed by atoms with E-state index < -0.39 is 18.4 Å². The van der Waals surface area contributed by atoms with Crippen LogP contribution in [0.15, 0.2) is 6.33 Å². The Labute approximate surface area is 124 Å². The van der Waals surface area contributed by atoms with E-state index in [0.29, 0.717) is 12.2 Å². The Bertz CT molecular complexity index is 475. The lowest BCUT2D eigenvalue weighted by Gasteiger charge is -2.32. The number of aliphatic hydroxyl groups is 2. The van der Waals surface area contributed by atoms with E-state index in [4.69, 9.17) is 21.3 Å². The number of alkyl halides is 1. The van der Waals surface area contributed by atoms with Gasteiger partial charge in [0.25, 0.3) is 0 Å². The number of rotatable bonds is 4. The van der Waals surface area contributed by atoms with Gasteiger partial charge in [0.1, 0.15) is 24.3 Å². The van der Waals surface area contributed by atoms with E-state index in [1.54, 1.807) is 4.90 Å². The van der Waals surface area contributed by atoms with E-state index in [-0.39, 0.29) is 23.1 Å². The molecule has 0 aromatic carbocycles. The predicted molar refractivity (Wildman–Crippen MR) is 78.1 cm³/mol. The number of ether oxygens (including phenoxy) is 1. The van der Waals surface area contributed by atoms with Gasteiger partial charge in [-0.3, -0.25) is 0 Å². The number of hydrogen-bond acceptors (Lipinski definition) is 8. The highest BCUT2D eigenvalue weighted by molar-refractivity contribution is 9.09. The summed E-state index contributed by atoms with van der Waals surface area (Å²) >= 11 is 3.45. The maximum atomic E-state index is 9.85. The lowest BCUT2D eigenvalue weighted by atomic mass is 10.2. The zero-order valence-corrected chi connectivity index (χ0v) is 12.6. The minimum atomic E-state index is -0.737. The van der Waals surface area contributed by atoms with Crippen molar-refractivity contribution < 1.29 is 14.9 Å². The smallest absolute Gasteiger partial charge is 0.160 e. The molecule has 4 atom stereocenters. The highest BCUT2D eigenvalue weighted by Crippen LogP contribution is 2.34. The van der Waals surface area contributed by atoms with E-state index in [1.165, 1.54) is 6.33 Å². The van der Waals surface area contributed by atoms with Gasteiger partial charge in [0.2, 0.25) is 0 Å². The van der Waals surface area contributed by atoms with Crippen LogP contribution in [0.3, 0.4) is 0 Å². The van der Waals surface area contributed by atoms with Crippen LogP contribution < -0.4 is 16.4 Å². The number of aliphatic hydroxyl groups excluding tert-OH is 2. The third kappa shape index (κ3) is 2.80. The summed E-state index contributed by atoms with van der Waals surface area (Å²) in [7, 11) is 0. The first-order valence-corrected chi connectivity index (χ1v) is 7.10. The Hall–Kier alpha value is -1.16. The molecule has 9 heteroatoms. The maximum Gasteiger partial charge on any atom is 0.160 e. The lowest BCUT2D eigenvalue weighted by molar-refractivity contribution is -0.0226. The van der Waals surface area contributed by atoms with E-state index in [0.717, 1.165) is 0 Å². The van der Waals surface area contributed by atoms with Crippen LogP contribution in [0.25, 0.3) is 0 Å². The molecule has 0 bridgehead atoms. The predicted octanol–water partition coefficient (Wildman–Crippen LogP) is -0.344. The molecular weight excluding hydrogens is 330 g/mol. The molecule has 0 amide bonds. The molecule has 2 heterocycles. The Morgan fingerprint density at radius 2 is 2.25 bits per heavy atom. The van der Waals surface area contributed by atoms with E-state index in [2.05, 4.69) is 25.9 Å². The average molecular weight is 348 g/mol. The summed E-state index contributed by atoms with van der Waals surface area (Å²) in [5.41, 5.74) is 11.9. The van der Waals surface area contributed by atoms with Crippen molar-refractivity contribution in [3.8, 4) is 0 Å². The molecule has 0 spiro atoms. The van der Waals surface area contributed by atoms with Crippen LogP contribution in [-0.4, -0.2) is 50.2 Å². The van der Waals surface area contributed by atoms with Gasteiger partial charge in [0.15, 0.2) is 11.6 Å². The molecule has 2 rings (SSSR count). The van der Waals surface area contributed by atoms with Crippen molar-refractivity contribution in [2.45, 2.75) is 36.7 Å². The normalized spacial score (nSPS) is 27.5. The summed E-state index contributed by atoms with van der Waals surface area (Å²) in [5, 5.41) is 19.0. The van der Waals surface area contributed by atoms with Gasteiger partial charge in [-0.1, -0.05) is 15.9 Å². The fraction of sp³-hybridized carbons (Fsp3) is 0.636. The van der Waals surface area contributed by atoms with Crippen molar-refractivity contribution in [1.82, 2.24) is 9.97 Å². The lowest BCUT2D eigenvalue weighted by Crippen LogP contribution is -2.40. The van der Waals surface area contributed by atoms with Crippen LogP contribution in [0.2, 0.25) is 0 Å². The van der Waals surface area contributed by atoms with E-state index >= 15 is 0 Å². The second-order valence-electron chi connectivity index (χ2n) is 4.59. The average Bonchev–Trinajstić information content (AvgIpc) is 2.75. The SMILES string of the molecule is CC(Br)N(c1ncnc(N)c1N)[C@H]1CC(O)C(CO)O1. The molecule has 20 heavy (non-hydrogen) atoms. The van der Waals surface area contributed by atoms with Gasteiger partial charge in [0.05, 0.1) is 17.7 Å². The summed E-state index contributed by atoms with van der Waals surface area (Å²) in [6.45, 7) is 1.63. The monoisotopic (exact) mass is 347 g/mol.